The molecule has 0 bridgehead atoms. The molecule has 0 N–H and O–H groups in total. The van der Waals surface area contributed by atoms with Crippen LogP contribution in [0.4, 0.5) is 0 Å². The van der Waals surface area contributed by atoms with E-state index in [9.17, 15) is 0 Å². The van der Waals surface area contributed by atoms with Crippen LogP contribution in [-0.2, 0) is 0 Å². The van der Waals surface area contributed by atoms with E-state index in [0.717, 1.165) is 66.3 Å². The van der Waals surface area contributed by atoms with E-state index < -0.39 is 0 Å². The Morgan fingerprint density at radius 3 is 1.36 bits per heavy atom. The molecule has 7 aromatic carbocycles. The Hall–Kier alpha value is -6.78. The lowest BCUT2D eigenvalue weighted by atomic mass is 9.92. The second-order valence-electron chi connectivity index (χ2n) is 12.3. The van der Waals surface area contributed by atoms with E-state index in [4.69, 9.17) is 19.9 Å². The fourth-order valence-corrected chi connectivity index (χ4v) is 6.66. The lowest BCUT2D eigenvalue weighted by Crippen LogP contribution is -2.00. The predicted molar refractivity (Wildman–Crippen MR) is 205 cm³/mol. The van der Waals surface area contributed by atoms with E-state index in [1.165, 1.54) is 5.56 Å². The van der Waals surface area contributed by atoms with Crippen LogP contribution in [0.25, 0.3) is 89.4 Å². The maximum absolute atomic E-state index is 5.25. The number of aromatic nitrogens is 4. The van der Waals surface area contributed by atoms with E-state index in [0.29, 0.717) is 17.5 Å². The largest absolute Gasteiger partial charge is 0.247 e. The van der Waals surface area contributed by atoms with E-state index >= 15 is 0 Å². The van der Waals surface area contributed by atoms with Crippen LogP contribution in [0.5, 0.6) is 0 Å². The van der Waals surface area contributed by atoms with Crippen LogP contribution in [0.1, 0.15) is 0 Å². The Bertz CT molecular complexity index is 2600. The lowest BCUT2D eigenvalue weighted by molar-refractivity contribution is 1.07. The van der Waals surface area contributed by atoms with Crippen molar-refractivity contribution in [3.63, 3.8) is 0 Å². The molecular formula is C46H30N4. The molecule has 234 valence electrons. The van der Waals surface area contributed by atoms with Gasteiger partial charge in [0.05, 0.1) is 11.2 Å². The van der Waals surface area contributed by atoms with Crippen molar-refractivity contribution in [2.24, 2.45) is 0 Å². The summed E-state index contributed by atoms with van der Waals surface area (Å²) in [5.74, 6) is 1.87. The summed E-state index contributed by atoms with van der Waals surface area (Å²) in [6, 6.07) is 62.8. The van der Waals surface area contributed by atoms with Crippen LogP contribution in [0.3, 0.4) is 0 Å². The van der Waals surface area contributed by atoms with E-state index in [-0.39, 0.29) is 0 Å². The predicted octanol–water partition coefficient (Wildman–Crippen LogP) is 11.6. The molecular weight excluding hydrogens is 609 g/mol. The fourth-order valence-electron chi connectivity index (χ4n) is 6.66. The standard InChI is InChI=1S/C46H30N4/c1-5-14-31(15-6-1)32-24-26-36(27-25-32)45-48-44(35-20-11-4-12-21-35)49-46(50-45)37-28-29-41-40(30-37)42-38(33-16-7-2-8-17-33)22-13-23-39(42)43(47-41)34-18-9-3-10-19-34/h1-30H. The molecule has 0 unspecified atom stereocenters. The monoisotopic (exact) mass is 638 g/mol. The van der Waals surface area contributed by atoms with Gasteiger partial charge in [0.2, 0.25) is 0 Å². The first-order chi connectivity index (χ1) is 24.8. The van der Waals surface area contributed by atoms with Gasteiger partial charge in [-0.05, 0) is 40.5 Å². The van der Waals surface area contributed by atoms with Gasteiger partial charge < -0.3 is 0 Å². The van der Waals surface area contributed by atoms with Crippen molar-refractivity contribution >= 4 is 21.7 Å². The molecule has 0 aliphatic heterocycles. The van der Waals surface area contributed by atoms with Crippen molar-refractivity contribution in [1.82, 2.24) is 19.9 Å². The quantitative estimate of drug-likeness (QED) is 0.170. The summed E-state index contributed by atoms with van der Waals surface area (Å²) in [5.41, 5.74) is 10.4. The van der Waals surface area contributed by atoms with Crippen LogP contribution < -0.4 is 0 Å². The molecule has 0 aliphatic rings. The molecule has 2 aromatic heterocycles. The lowest BCUT2D eigenvalue weighted by Gasteiger charge is -2.15. The highest BCUT2D eigenvalue weighted by atomic mass is 15.0. The minimum Gasteiger partial charge on any atom is -0.247 e. The maximum Gasteiger partial charge on any atom is 0.164 e. The van der Waals surface area contributed by atoms with Gasteiger partial charge in [-0.2, -0.15) is 0 Å². The minimum absolute atomic E-state index is 0.611. The molecule has 2 heterocycles. The highest BCUT2D eigenvalue weighted by molar-refractivity contribution is 6.17. The van der Waals surface area contributed by atoms with Crippen molar-refractivity contribution in [3.8, 4) is 67.7 Å². The number of rotatable bonds is 6. The Morgan fingerprint density at radius 2 is 0.740 bits per heavy atom. The van der Waals surface area contributed by atoms with Gasteiger partial charge in [0.25, 0.3) is 0 Å². The Morgan fingerprint density at radius 1 is 0.280 bits per heavy atom. The van der Waals surface area contributed by atoms with Gasteiger partial charge in [-0.3, -0.25) is 0 Å². The summed E-state index contributed by atoms with van der Waals surface area (Å²) in [6.45, 7) is 0. The number of pyridine rings is 1. The van der Waals surface area contributed by atoms with Crippen molar-refractivity contribution < 1.29 is 0 Å². The minimum atomic E-state index is 0.611. The molecule has 0 fully saturated rings. The molecule has 9 rings (SSSR count). The van der Waals surface area contributed by atoms with Crippen molar-refractivity contribution in [1.29, 1.82) is 0 Å². The summed E-state index contributed by atoms with van der Waals surface area (Å²) in [6.07, 6.45) is 0. The summed E-state index contributed by atoms with van der Waals surface area (Å²) < 4.78 is 0. The molecule has 9 aromatic rings. The van der Waals surface area contributed by atoms with Gasteiger partial charge in [-0.25, -0.2) is 19.9 Å². The first-order valence-corrected chi connectivity index (χ1v) is 16.7. The smallest absolute Gasteiger partial charge is 0.164 e. The van der Waals surface area contributed by atoms with E-state index in [1.54, 1.807) is 0 Å². The number of fused-ring (bicyclic) bond motifs is 3. The summed E-state index contributed by atoms with van der Waals surface area (Å²) >= 11 is 0. The average Bonchev–Trinajstić information content (AvgIpc) is 3.21. The second kappa shape index (κ2) is 12.7. The summed E-state index contributed by atoms with van der Waals surface area (Å²) in [5, 5.41) is 3.30. The first-order valence-electron chi connectivity index (χ1n) is 16.7. The zero-order valence-electron chi connectivity index (χ0n) is 27.1. The molecule has 0 aliphatic carbocycles. The topological polar surface area (TPSA) is 51.6 Å². The third-order valence-corrected chi connectivity index (χ3v) is 9.13. The first kappa shape index (κ1) is 29.4. The molecule has 0 saturated heterocycles. The highest BCUT2D eigenvalue weighted by Gasteiger charge is 2.17. The molecule has 0 radical (unpaired) electrons. The number of nitrogens with zero attached hydrogens (tertiary/aromatic N) is 4. The van der Waals surface area contributed by atoms with E-state index in [1.807, 2.05) is 42.5 Å². The van der Waals surface area contributed by atoms with Crippen LogP contribution in [0, 0.1) is 0 Å². The third kappa shape index (κ3) is 5.49. The van der Waals surface area contributed by atoms with Crippen LogP contribution in [0.2, 0.25) is 0 Å². The van der Waals surface area contributed by atoms with Gasteiger partial charge >= 0.3 is 0 Å². The number of hydrogen-bond donors (Lipinski definition) is 0. The normalized spacial score (nSPS) is 11.2. The zero-order chi connectivity index (χ0) is 33.3. The molecule has 0 spiro atoms. The maximum atomic E-state index is 5.25. The average molecular weight is 639 g/mol. The van der Waals surface area contributed by atoms with Gasteiger partial charge in [0.1, 0.15) is 0 Å². The molecule has 0 amide bonds. The third-order valence-electron chi connectivity index (χ3n) is 9.13. The Balaban J connectivity index is 1.26. The fraction of sp³-hybridized carbons (Fsp3) is 0. The molecule has 4 nitrogen and oxygen atoms in total. The van der Waals surface area contributed by atoms with Gasteiger partial charge in [0, 0.05) is 38.4 Å². The summed E-state index contributed by atoms with van der Waals surface area (Å²) in [7, 11) is 0. The molecule has 0 atom stereocenters. The van der Waals surface area contributed by atoms with Gasteiger partial charge in [-0.15, -0.1) is 0 Å². The second-order valence-corrected chi connectivity index (χ2v) is 12.3. The van der Waals surface area contributed by atoms with Crippen molar-refractivity contribution in [2.45, 2.75) is 0 Å². The SMILES string of the molecule is c1ccc(-c2ccc(-c3nc(-c4ccccc4)nc(-c4ccc5nc(-c6ccccc6)c6cccc(-c7ccccc7)c6c5c4)n3)cc2)cc1. The van der Waals surface area contributed by atoms with Crippen molar-refractivity contribution in [3.05, 3.63) is 182 Å². The number of hydrogen-bond acceptors (Lipinski definition) is 4. The molecule has 0 saturated carbocycles. The molecule has 50 heavy (non-hydrogen) atoms. The van der Waals surface area contributed by atoms with Gasteiger partial charge in [-0.1, -0.05) is 164 Å². The zero-order valence-corrected chi connectivity index (χ0v) is 27.1. The Labute approximate surface area is 290 Å². The van der Waals surface area contributed by atoms with Crippen LogP contribution >= 0.6 is 0 Å². The summed E-state index contributed by atoms with van der Waals surface area (Å²) in [4.78, 5) is 20.4. The van der Waals surface area contributed by atoms with Gasteiger partial charge in [0.15, 0.2) is 17.5 Å². The van der Waals surface area contributed by atoms with Crippen molar-refractivity contribution in [2.75, 3.05) is 0 Å². The Kier molecular flexibility index (Phi) is 7.45. The number of benzene rings is 7. The van der Waals surface area contributed by atoms with E-state index in [2.05, 4.69) is 140 Å². The highest BCUT2D eigenvalue weighted by Crippen LogP contribution is 2.40. The van der Waals surface area contributed by atoms with Crippen LogP contribution in [-0.4, -0.2) is 19.9 Å². The molecule has 4 heteroatoms. The van der Waals surface area contributed by atoms with Crippen LogP contribution in [0.15, 0.2) is 182 Å².